The molecule has 0 spiro atoms. The number of aryl methyl sites for hydroxylation is 3. The second-order valence-electron chi connectivity index (χ2n) is 6.37. The van der Waals surface area contributed by atoms with Crippen molar-refractivity contribution in [2.24, 2.45) is 7.05 Å². The van der Waals surface area contributed by atoms with Crippen molar-refractivity contribution in [2.45, 2.75) is 25.2 Å². The lowest BCUT2D eigenvalue weighted by Crippen LogP contribution is -2.27. The van der Waals surface area contributed by atoms with Crippen molar-refractivity contribution in [1.29, 1.82) is 0 Å². The molecule has 27 heavy (non-hydrogen) atoms. The maximum atomic E-state index is 12.9. The van der Waals surface area contributed by atoms with Crippen molar-refractivity contribution in [1.82, 2.24) is 13.9 Å². The highest BCUT2D eigenvalue weighted by atomic mass is 32.2. The average Bonchev–Trinajstić information content (AvgIpc) is 3.13. The Morgan fingerprint density at radius 3 is 2.74 bits per heavy atom. The fourth-order valence-corrected chi connectivity index (χ4v) is 5.40. The zero-order chi connectivity index (χ0) is 19.3. The molecule has 0 atom stereocenters. The molecule has 1 aliphatic heterocycles. The normalized spacial score (nSPS) is 14.0. The molecule has 4 rings (SSSR count). The van der Waals surface area contributed by atoms with E-state index in [0.717, 1.165) is 32.8 Å². The largest absolute Gasteiger partial charge is 0.504 e. The third-order valence-electron chi connectivity index (χ3n) is 4.72. The number of nitrogens with one attached hydrogen (secondary N) is 1. The lowest BCUT2D eigenvalue weighted by molar-refractivity contribution is -0.113. The highest BCUT2D eigenvalue weighted by molar-refractivity contribution is 7.97. The molecule has 3 aromatic rings. The number of rotatable bonds is 3. The number of fused-ring (bicyclic) bond motifs is 3. The summed E-state index contributed by atoms with van der Waals surface area (Å²) in [4.78, 5) is 19.4. The molecule has 1 aromatic carbocycles. The van der Waals surface area contributed by atoms with Gasteiger partial charge in [-0.05, 0) is 31.4 Å². The molecule has 140 valence electrons. The van der Waals surface area contributed by atoms with Gasteiger partial charge in [0.2, 0.25) is 0 Å². The molecular formula is C19H20N4O2S2. The Morgan fingerprint density at radius 2 is 2.04 bits per heavy atom. The van der Waals surface area contributed by atoms with Crippen molar-refractivity contribution in [3.05, 3.63) is 46.2 Å². The molecule has 0 fully saturated rings. The van der Waals surface area contributed by atoms with Crippen LogP contribution in [0, 0.1) is 6.92 Å². The van der Waals surface area contributed by atoms with E-state index in [4.69, 9.17) is 0 Å². The van der Waals surface area contributed by atoms with Crippen LogP contribution in [0.4, 0.5) is 5.13 Å². The minimum atomic E-state index is -0.366. The molecule has 0 unspecified atom stereocenters. The summed E-state index contributed by atoms with van der Waals surface area (Å²) < 4.78 is 3.64. The summed E-state index contributed by atoms with van der Waals surface area (Å²) in [6.45, 7) is 4.03. The molecule has 8 heteroatoms. The maximum absolute atomic E-state index is 12.9. The molecule has 0 bridgehead atoms. The Morgan fingerprint density at radius 1 is 1.30 bits per heavy atom. The number of aliphatic hydroxyl groups is 1. The second-order valence-corrected chi connectivity index (χ2v) is 8.71. The van der Waals surface area contributed by atoms with Crippen LogP contribution in [0.3, 0.4) is 0 Å². The van der Waals surface area contributed by atoms with E-state index in [-0.39, 0.29) is 17.4 Å². The van der Waals surface area contributed by atoms with Gasteiger partial charge in [-0.3, -0.25) is 10.1 Å². The van der Waals surface area contributed by atoms with Crippen LogP contribution in [-0.2, 0) is 18.3 Å². The molecule has 2 N–H and O–H groups in total. The lowest BCUT2D eigenvalue weighted by Gasteiger charge is -2.26. The zero-order valence-corrected chi connectivity index (χ0v) is 17.2. The summed E-state index contributed by atoms with van der Waals surface area (Å²) in [5.74, 6) is -0.388. The highest BCUT2D eigenvalue weighted by Gasteiger charge is 2.33. The van der Waals surface area contributed by atoms with Crippen molar-refractivity contribution >= 4 is 51.0 Å². The molecule has 0 saturated heterocycles. The van der Waals surface area contributed by atoms with E-state index in [2.05, 4.69) is 10.3 Å². The van der Waals surface area contributed by atoms with Gasteiger partial charge in [0.1, 0.15) is 5.69 Å². The van der Waals surface area contributed by atoms with Crippen LogP contribution in [-0.4, -0.2) is 31.9 Å². The number of nitrogens with zero attached hydrogens (tertiary/aromatic N) is 3. The fourth-order valence-electron chi connectivity index (χ4n) is 3.38. The van der Waals surface area contributed by atoms with E-state index < -0.39 is 0 Å². The van der Waals surface area contributed by atoms with Gasteiger partial charge < -0.3 is 14.0 Å². The Bertz CT molecular complexity index is 1100. The summed E-state index contributed by atoms with van der Waals surface area (Å²) in [5, 5.41) is 15.4. The third kappa shape index (κ3) is 2.80. The lowest BCUT2D eigenvalue weighted by atomic mass is 10.2. The van der Waals surface area contributed by atoms with Gasteiger partial charge in [-0.15, -0.1) is 11.3 Å². The second kappa shape index (κ2) is 6.61. The van der Waals surface area contributed by atoms with E-state index in [0.29, 0.717) is 10.8 Å². The fraction of sp³-hybridized carbons (Fsp3) is 0.263. The summed E-state index contributed by atoms with van der Waals surface area (Å²) >= 11 is 2.89. The summed E-state index contributed by atoms with van der Waals surface area (Å²) in [6.07, 6.45) is 0.821. The SMILES string of the molecule is CCc1nc(NC(=O)C2=C(O)c3c(c4ccccc4n3C)SN2C)sc1C. The molecular weight excluding hydrogens is 380 g/mol. The Balaban J connectivity index is 1.77. The van der Waals surface area contributed by atoms with Gasteiger partial charge in [0.05, 0.1) is 10.6 Å². The smallest absolute Gasteiger partial charge is 0.278 e. The van der Waals surface area contributed by atoms with Gasteiger partial charge in [-0.2, -0.15) is 0 Å². The first-order valence-electron chi connectivity index (χ1n) is 8.62. The first kappa shape index (κ1) is 17.9. The van der Waals surface area contributed by atoms with E-state index in [1.165, 1.54) is 23.3 Å². The Hall–Kier alpha value is -2.45. The van der Waals surface area contributed by atoms with Crippen molar-refractivity contribution < 1.29 is 9.90 Å². The average molecular weight is 401 g/mol. The van der Waals surface area contributed by atoms with Crippen molar-refractivity contribution in [3.8, 4) is 0 Å². The number of amides is 1. The van der Waals surface area contributed by atoms with E-state index in [9.17, 15) is 9.90 Å². The van der Waals surface area contributed by atoms with Gasteiger partial charge in [-0.25, -0.2) is 4.98 Å². The molecule has 3 heterocycles. The quantitative estimate of drug-likeness (QED) is 0.641. The predicted molar refractivity (Wildman–Crippen MR) is 111 cm³/mol. The van der Waals surface area contributed by atoms with Gasteiger partial charge in [0.25, 0.3) is 5.91 Å². The number of carbonyl (C=O) groups is 1. The standard InChI is InChI=1S/C19H20N4O2S2/c1-5-12-10(2)26-19(20-12)21-18(25)15-16(24)14-17(27-23(15)4)11-8-6-7-9-13(11)22(14)3/h6-9,24H,5H2,1-4H3,(H,20,21,25). The van der Waals surface area contributed by atoms with Crippen LogP contribution < -0.4 is 5.32 Å². The van der Waals surface area contributed by atoms with E-state index in [1.807, 2.05) is 49.7 Å². The number of hydrogen-bond donors (Lipinski definition) is 2. The van der Waals surface area contributed by atoms with Crippen LogP contribution in [0.5, 0.6) is 0 Å². The summed E-state index contributed by atoms with van der Waals surface area (Å²) in [7, 11) is 3.68. The predicted octanol–water partition coefficient (Wildman–Crippen LogP) is 4.32. The van der Waals surface area contributed by atoms with Gasteiger partial charge in [-0.1, -0.05) is 25.1 Å². The number of carbonyl (C=O) groups excluding carboxylic acids is 1. The van der Waals surface area contributed by atoms with Gasteiger partial charge >= 0.3 is 0 Å². The summed E-state index contributed by atoms with van der Waals surface area (Å²) in [6, 6.07) is 7.97. The number of hydrogen-bond acceptors (Lipinski definition) is 6. The van der Waals surface area contributed by atoms with Crippen LogP contribution in [0.1, 0.15) is 23.2 Å². The molecule has 2 aromatic heterocycles. The topological polar surface area (TPSA) is 70.4 Å². The minimum Gasteiger partial charge on any atom is -0.504 e. The molecule has 1 amide bonds. The van der Waals surface area contributed by atoms with Gasteiger partial charge in [0, 0.05) is 29.9 Å². The van der Waals surface area contributed by atoms with E-state index in [1.54, 1.807) is 11.4 Å². The Kier molecular flexibility index (Phi) is 4.39. The first-order chi connectivity index (χ1) is 12.9. The number of anilines is 1. The summed E-state index contributed by atoms with van der Waals surface area (Å²) in [5.41, 5.74) is 2.88. The Labute approximate surface area is 165 Å². The highest BCUT2D eigenvalue weighted by Crippen LogP contribution is 2.44. The van der Waals surface area contributed by atoms with Gasteiger partial charge in [0.15, 0.2) is 16.6 Å². The maximum Gasteiger partial charge on any atom is 0.278 e. The molecule has 1 aliphatic rings. The number of aromatic nitrogens is 2. The number of thiazole rings is 1. The monoisotopic (exact) mass is 400 g/mol. The zero-order valence-electron chi connectivity index (χ0n) is 15.5. The first-order valence-corrected chi connectivity index (χ1v) is 10.2. The van der Waals surface area contributed by atoms with E-state index >= 15 is 0 Å². The van der Waals surface area contributed by atoms with Crippen LogP contribution in [0.25, 0.3) is 16.7 Å². The van der Waals surface area contributed by atoms with Crippen molar-refractivity contribution in [2.75, 3.05) is 12.4 Å². The molecule has 0 radical (unpaired) electrons. The van der Waals surface area contributed by atoms with Crippen molar-refractivity contribution in [3.63, 3.8) is 0 Å². The molecule has 6 nitrogen and oxygen atoms in total. The number of aliphatic hydroxyl groups excluding tert-OH is 1. The number of benzene rings is 1. The minimum absolute atomic E-state index is 0.0218. The van der Waals surface area contributed by atoms with Crippen LogP contribution in [0.15, 0.2) is 34.9 Å². The molecule has 0 saturated carbocycles. The number of para-hydroxylation sites is 1. The van der Waals surface area contributed by atoms with Crippen LogP contribution >= 0.6 is 23.3 Å². The van der Waals surface area contributed by atoms with Crippen LogP contribution in [0.2, 0.25) is 0 Å². The third-order valence-corrected chi connectivity index (χ3v) is 6.70. The number of likely N-dealkylation sites (N-methyl/N-ethyl adjacent to an activating group) is 1. The molecule has 0 aliphatic carbocycles.